The Bertz CT molecular complexity index is 570. The largest absolute Gasteiger partial charge is 0.497 e. The lowest BCUT2D eigenvalue weighted by molar-refractivity contribution is 0.262. The molecular weight excluding hydrogens is 355 g/mol. The predicted molar refractivity (Wildman–Crippen MR) is 84.8 cm³/mol. The first kappa shape index (κ1) is 13.7. The summed E-state index contributed by atoms with van der Waals surface area (Å²) in [5.41, 5.74) is 1.47. The Morgan fingerprint density at radius 1 is 1.05 bits per heavy atom. The van der Waals surface area contributed by atoms with E-state index in [-0.39, 0.29) is 6.03 Å². The number of carbonyl (C=O) groups is 1. The summed E-state index contributed by atoms with van der Waals surface area (Å²) in [6.45, 7) is 0. The third kappa shape index (κ3) is 4.13. The number of halogens is 1. The Kier molecular flexibility index (Phi) is 4.62. The minimum Gasteiger partial charge on any atom is -0.497 e. The fourth-order valence-corrected chi connectivity index (χ4v) is 2.08. The summed E-state index contributed by atoms with van der Waals surface area (Å²) in [5.74, 6) is 0.753. The topological polar surface area (TPSA) is 50.4 Å². The van der Waals surface area contributed by atoms with E-state index in [1.165, 1.54) is 0 Å². The number of amides is 2. The highest BCUT2D eigenvalue weighted by Gasteiger charge is 2.03. The fraction of sp³-hybridized carbons (Fsp3) is 0.0714. The zero-order chi connectivity index (χ0) is 13.7. The van der Waals surface area contributed by atoms with E-state index in [1.807, 2.05) is 24.3 Å². The lowest BCUT2D eigenvalue weighted by atomic mass is 10.3. The van der Waals surface area contributed by atoms with E-state index in [0.717, 1.165) is 15.0 Å². The maximum absolute atomic E-state index is 11.8. The zero-order valence-corrected chi connectivity index (χ0v) is 12.5. The predicted octanol–water partition coefficient (Wildman–Crippen LogP) is 3.94. The van der Waals surface area contributed by atoms with Crippen molar-refractivity contribution in [2.24, 2.45) is 0 Å². The van der Waals surface area contributed by atoms with Gasteiger partial charge in [0.05, 0.1) is 7.11 Å². The molecule has 0 spiro atoms. The van der Waals surface area contributed by atoms with Crippen LogP contribution in [0.2, 0.25) is 0 Å². The van der Waals surface area contributed by atoms with Crippen LogP contribution in [0.1, 0.15) is 0 Å². The van der Waals surface area contributed by atoms with Gasteiger partial charge in [-0.15, -0.1) is 0 Å². The molecule has 4 nitrogen and oxygen atoms in total. The quantitative estimate of drug-likeness (QED) is 0.807. The summed E-state index contributed by atoms with van der Waals surface area (Å²) in [6.07, 6.45) is 0. The molecule has 5 heteroatoms. The van der Waals surface area contributed by atoms with Crippen LogP contribution in [0.5, 0.6) is 5.75 Å². The molecule has 2 amide bonds. The van der Waals surface area contributed by atoms with Crippen LogP contribution in [-0.2, 0) is 0 Å². The van der Waals surface area contributed by atoms with Gasteiger partial charge in [-0.25, -0.2) is 4.79 Å². The second kappa shape index (κ2) is 6.42. The molecule has 98 valence electrons. The van der Waals surface area contributed by atoms with Gasteiger partial charge in [-0.3, -0.25) is 0 Å². The van der Waals surface area contributed by atoms with E-state index in [2.05, 4.69) is 33.2 Å². The maximum atomic E-state index is 11.8. The monoisotopic (exact) mass is 368 g/mol. The van der Waals surface area contributed by atoms with Gasteiger partial charge >= 0.3 is 6.03 Å². The first-order valence-corrected chi connectivity index (χ1v) is 6.73. The summed E-state index contributed by atoms with van der Waals surface area (Å²) in [4.78, 5) is 11.8. The molecule has 0 unspecified atom stereocenters. The molecule has 0 aliphatic carbocycles. The Balaban J connectivity index is 1.97. The molecule has 0 radical (unpaired) electrons. The van der Waals surface area contributed by atoms with E-state index >= 15 is 0 Å². The minimum atomic E-state index is -0.271. The van der Waals surface area contributed by atoms with Gasteiger partial charge in [-0.2, -0.15) is 0 Å². The van der Waals surface area contributed by atoms with Crippen LogP contribution in [0.25, 0.3) is 0 Å². The van der Waals surface area contributed by atoms with Crippen LogP contribution in [0, 0.1) is 3.57 Å². The molecule has 2 N–H and O–H groups in total. The second-order valence-corrected chi connectivity index (χ2v) is 5.06. The molecule has 0 heterocycles. The number of nitrogens with one attached hydrogen (secondary N) is 2. The molecule has 19 heavy (non-hydrogen) atoms. The number of methoxy groups -OCH3 is 1. The van der Waals surface area contributed by atoms with Crippen LogP contribution in [-0.4, -0.2) is 13.1 Å². The first-order valence-electron chi connectivity index (χ1n) is 5.65. The van der Waals surface area contributed by atoms with Crippen LogP contribution >= 0.6 is 22.6 Å². The van der Waals surface area contributed by atoms with Crippen molar-refractivity contribution in [2.45, 2.75) is 0 Å². The molecular formula is C14H13IN2O2. The van der Waals surface area contributed by atoms with Crippen LogP contribution in [0.4, 0.5) is 16.2 Å². The number of ether oxygens (including phenoxy) is 1. The van der Waals surface area contributed by atoms with Gasteiger partial charge in [0.25, 0.3) is 0 Å². The standard InChI is InChI=1S/C14H13IN2O2/c1-19-13-7-5-11(6-8-13)16-14(18)17-12-4-2-3-10(15)9-12/h2-9H,1H3,(H2,16,17,18). The highest BCUT2D eigenvalue weighted by Crippen LogP contribution is 2.16. The van der Waals surface area contributed by atoms with Gasteiger partial charge in [-0.05, 0) is 65.1 Å². The van der Waals surface area contributed by atoms with Crippen molar-refractivity contribution in [2.75, 3.05) is 17.7 Å². The molecule has 0 bridgehead atoms. The van der Waals surface area contributed by atoms with Gasteiger partial charge in [0.2, 0.25) is 0 Å². The van der Waals surface area contributed by atoms with E-state index < -0.39 is 0 Å². The van der Waals surface area contributed by atoms with Gasteiger partial charge in [0.15, 0.2) is 0 Å². The van der Waals surface area contributed by atoms with E-state index in [1.54, 1.807) is 31.4 Å². The second-order valence-electron chi connectivity index (χ2n) is 3.82. The number of benzene rings is 2. The Morgan fingerprint density at radius 2 is 1.74 bits per heavy atom. The molecule has 0 atom stereocenters. The van der Waals surface area contributed by atoms with Crippen molar-refractivity contribution in [3.8, 4) is 5.75 Å². The number of hydrogen-bond donors (Lipinski definition) is 2. The zero-order valence-electron chi connectivity index (χ0n) is 10.3. The molecule has 2 aromatic carbocycles. The number of rotatable bonds is 3. The maximum Gasteiger partial charge on any atom is 0.323 e. The minimum absolute atomic E-state index is 0.271. The molecule has 0 saturated carbocycles. The lowest BCUT2D eigenvalue weighted by Crippen LogP contribution is -2.19. The van der Waals surface area contributed by atoms with Crippen LogP contribution in [0.3, 0.4) is 0 Å². The summed E-state index contributed by atoms with van der Waals surface area (Å²) < 4.78 is 6.12. The average Bonchev–Trinajstić information content (AvgIpc) is 2.39. The summed E-state index contributed by atoms with van der Waals surface area (Å²) >= 11 is 2.20. The normalized spacial score (nSPS) is 9.79. The van der Waals surface area contributed by atoms with E-state index in [0.29, 0.717) is 5.69 Å². The Labute approximate surface area is 125 Å². The number of urea groups is 1. The first-order chi connectivity index (χ1) is 9.17. The van der Waals surface area contributed by atoms with Crippen molar-refractivity contribution in [1.29, 1.82) is 0 Å². The van der Waals surface area contributed by atoms with Crippen molar-refractivity contribution in [3.63, 3.8) is 0 Å². The summed E-state index contributed by atoms with van der Waals surface area (Å²) in [6, 6.07) is 14.5. The van der Waals surface area contributed by atoms with Gasteiger partial charge in [0.1, 0.15) is 5.75 Å². The third-order valence-electron chi connectivity index (χ3n) is 2.43. The van der Waals surface area contributed by atoms with Crippen molar-refractivity contribution in [3.05, 3.63) is 52.1 Å². The van der Waals surface area contributed by atoms with Gasteiger partial charge in [0, 0.05) is 14.9 Å². The van der Waals surface area contributed by atoms with Crippen molar-refractivity contribution >= 4 is 40.0 Å². The molecule has 0 saturated heterocycles. The Morgan fingerprint density at radius 3 is 2.37 bits per heavy atom. The van der Waals surface area contributed by atoms with E-state index in [9.17, 15) is 4.79 Å². The fourth-order valence-electron chi connectivity index (χ4n) is 1.53. The molecule has 0 aliphatic rings. The average molecular weight is 368 g/mol. The van der Waals surface area contributed by atoms with Crippen LogP contribution in [0.15, 0.2) is 48.5 Å². The highest BCUT2D eigenvalue weighted by molar-refractivity contribution is 14.1. The van der Waals surface area contributed by atoms with Gasteiger partial charge < -0.3 is 15.4 Å². The number of carbonyl (C=O) groups excluding carboxylic acids is 1. The van der Waals surface area contributed by atoms with Gasteiger partial charge in [-0.1, -0.05) is 6.07 Å². The molecule has 0 aromatic heterocycles. The number of hydrogen-bond acceptors (Lipinski definition) is 2. The Hall–Kier alpha value is -1.76. The van der Waals surface area contributed by atoms with E-state index in [4.69, 9.17) is 4.74 Å². The molecule has 0 aliphatic heterocycles. The smallest absolute Gasteiger partial charge is 0.323 e. The lowest BCUT2D eigenvalue weighted by Gasteiger charge is -2.08. The van der Waals surface area contributed by atoms with Crippen molar-refractivity contribution in [1.82, 2.24) is 0 Å². The van der Waals surface area contributed by atoms with Crippen molar-refractivity contribution < 1.29 is 9.53 Å². The molecule has 0 fully saturated rings. The third-order valence-corrected chi connectivity index (χ3v) is 3.10. The highest BCUT2D eigenvalue weighted by atomic mass is 127. The summed E-state index contributed by atoms with van der Waals surface area (Å²) in [7, 11) is 1.60. The number of anilines is 2. The van der Waals surface area contributed by atoms with Crippen LogP contribution < -0.4 is 15.4 Å². The summed E-state index contributed by atoms with van der Waals surface area (Å²) in [5, 5.41) is 5.53. The SMILES string of the molecule is COc1ccc(NC(=O)Nc2cccc(I)c2)cc1. The molecule has 2 rings (SSSR count). The molecule has 2 aromatic rings.